The Kier molecular flexibility index (Phi) is 29.9. The fourth-order valence-electron chi connectivity index (χ4n) is 6.87. The second kappa shape index (κ2) is 32.4. The quantitative estimate of drug-likeness (QED) is 0.0338. The van der Waals surface area contributed by atoms with Gasteiger partial charge in [0.05, 0.1) is 12.2 Å². The van der Waals surface area contributed by atoms with Gasteiger partial charge in [0, 0.05) is 31.1 Å². The first-order valence-electron chi connectivity index (χ1n) is 21.4. The normalized spacial score (nSPS) is 19.4. The van der Waals surface area contributed by atoms with Gasteiger partial charge in [-0.05, 0) is 38.0 Å². The second-order valence-corrected chi connectivity index (χ2v) is 15.5. The Bertz CT molecular complexity index is 962. The van der Waals surface area contributed by atoms with Crippen molar-refractivity contribution in [3.05, 3.63) is 24.3 Å². The summed E-state index contributed by atoms with van der Waals surface area (Å²) < 4.78 is 10.3. The van der Waals surface area contributed by atoms with E-state index in [2.05, 4.69) is 20.8 Å². The SMILES string of the molecule is CCCCC[C@H](O)/C=C/[C@H]1C(=O)C[C@H](O)[C@@H]1C/C=C\CCCC(=O)OC[C@H](O)COC(=O)CCCCCCCCCCCCCCCCC(C)CC. The van der Waals surface area contributed by atoms with Gasteiger partial charge >= 0.3 is 11.9 Å². The number of aliphatic hydroxyl groups excluding tert-OH is 3. The van der Waals surface area contributed by atoms with Crippen LogP contribution in [0.25, 0.3) is 0 Å². The molecular weight excluding hydrogens is 656 g/mol. The number of carbonyl (C=O) groups excluding carboxylic acids is 3. The van der Waals surface area contributed by atoms with Crippen molar-refractivity contribution in [2.75, 3.05) is 13.2 Å². The molecule has 1 fully saturated rings. The fourth-order valence-corrected chi connectivity index (χ4v) is 6.87. The van der Waals surface area contributed by atoms with Crippen molar-refractivity contribution in [3.8, 4) is 0 Å². The van der Waals surface area contributed by atoms with E-state index in [1.165, 1.54) is 83.5 Å². The maximum Gasteiger partial charge on any atom is 0.305 e. The molecule has 302 valence electrons. The van der Waals surface area contributed by atoms with Crippen LogP contribution in [-0.2, 0) is 23.9 Å². The van der Waals surface area contributed by atoms with Crippen LogP contribution in [0, 0.1) is 17.8 Å². The molecular formula is C44H78O8. The molecule has 52 heavy (non-hydrogen) atoms. The lowest BCUT2D eigenvalue weighted by atomic mass is 9.90. The molecule has 8 heteroatoms. The minimum atomic E-state index is -1.05. The molecule has 0 aromatic heterocycles. The summed E-state index contributed by atoms with van der Waals surface area (Å²) in [6.45, 7) is 6.36. The van der Waals surface area contributed by atoms with Gasteiger partial charge in [0.2, 0.25) is 0 Å². The molecule has 0 radical (unpaired) electrons. The van der Waals surface area contributed by atoms with Gasteiger partial charge in [-0.15, -0.1) is 0 Å². The predicted molar refractivity (Wildman–Crippen MR) is 211 cm³/mol. The summed E-state index contributed by atoms with van der Waals surface area (Å²) in [7, 11) is 0. The minimum Gasteiger partial charge on any atom is -0.463 e. The number of aliphatic hydroxyl groups is 3. The van der Waals surface area contributed by atoms with E-state index in [1.807, 2.05) is 12.2 Å². The van der Waals surface area contributed by atoms with Gasteiger partial charge < -0.3 is 24.8 Å². The monoisotopic (exact) mass is 735 g/mol. The van der Waals surface area contributed by atoms with Crippen molar-refractivity contribution in [1.29, 1.82) is 0 Å². The molecule has 0 amide bonds. The van der Waals surface area contributed by atoms with Crippen LogP contribution in [0.3, 0.4) is 0 Å². The number of unbranched alkanes of at least 4 members (excludes halogenated alkanes) is 16. The smallest absolute Gasteiger partial charge is 0.305 e. The van der Waals surface area contributed by atoms with E-state index in [1.54, 1.807) is 12.2 Å². The average Bonchev–Trinajstić information content (AvgIpc) is 3.40. The molecule has 8 nitrogen and oxygen atoms in total. The molecule has 0 aromatic carbocycles. The van der Waals surface area contributed by atoms with Crippen molar-refractivity contribution in [2.24, 2.45) is 17.8 Å². The Balaban J connectivity index is 2.00. The third-order valence-corrected chi connectivity index (χ3v) is 10.6. The number of rotatable bonds is 34. The zero-order valence-electron chi connectivity index (χ0n) is 33.5. The van der Waals surface area contributed by atoms with E-state index in [9.17, 15) is 29.7 Å². The molecule has 0 aromatic rings. The standard InChI is InChI=1S/C44H78O8/c1-4-6-21-27-37(45)31-32-40-39(41(47)33-42(40)48)28-23-19-20-25-30-44(50)52-35-38(46)34-51-43(49)29-24-18-16-14-12-10-8-7-9-11-13-15-17-22-26-36(3)5-2/h19,23,31-32,36-41,45-47H,4-18,20-22,24-30,33-35H2,1-3H3/b23-19-,32-31+/t36?,37-,38+,39+,40+,41-/m0/s1. The lowest BCUT2D eigenvalue weighted by Gasteiger charge is -2.17. The summed E-state index contributed by atoms with van der Waals surface area (Å²) in [5, 5.41) is 30.6. The third-order valence-electron chi connectivity index (χ3n) is 10.6. The zero-order chi connectivity index (χ0) is 38.2. The van der Waals surface area contributed by atoms with E-state index in [0.29, 0.717) is 32.1 Å². The van der Waals surface area contributed by atoms with E-state index < -0.39 is 30.2 Å². The van der Waals surface area contributed by atoms with Crippen LogP contribution >= 0.6 is 0 Å². The highest BCUT2D eigenvalue weighted by molar-refractivity contribution is 5.86. The molecule has 0 saturated heterocycles. The molecule has 1 saturated carbocycles. The number of carbonyl (C=O) groups is 3. The molecule has 3 N–H and O–H groups in total. The molecule has 1 rings (SSSR count). The van der Waals surface area contributed by atoms with Gasteiger partial charge in [-0.1, -0.05) is 161 Å². The van der Waals surface area contributed by atoms with E-state index in [4.69, 9.17) is 9.47 Å². The number of hydrogen-bond acceptors (Lipinski definition) is 8. The van der Waals surface area contributed by atoms with Gasteiger partial charge in [0.15, 0.2) is 0 Å². The van der Waals surface area contributed by atoms with Gasteiger partial charge in [-0.3, -0.25) is 14.4 Å². The van der Waals surface area contributed by atoms with Crippen LogP contribution in [0.15, 0.2) is 24.3 Å². The first-order valence-corrected chi connectivity index (χ1v) is 21.4. The third kappa shape index (κ3) is 25.9. The second-order valence-electron chi connectivity index (χ2n) is 15.5. The molecule has 0 bridgehead atoms. The van der Waals surface area contributed by atoms with Crippen LogP contribution in [0.5, 0.6) is 0 Å². The Morgan fingerprint density at radius 2 is 1.25 bits per heavy atom. The maximum atomic E-state index is 12.4. The molecule has 1 aliphatic carbocycles. The average molecular weight is 735 g/mol. The van der Waals surface area contributed by atoms with E-state index in [-0.39, 0.29) is 43.7 Å². The summed E-state index contributed by atoms with van der Waals surface area (Å²) in [4.78, 5) is 36.5. The first kappa shape index (κ1) is 48.0. The molecule has 6 atom stereocenters. The van der Waals surface area contributed by atoms with Gasteiger partial charge in [-0.2, -0.15) is 0 Å². The van der Waals surface area contributed by atoms with Gasteiger partial charge in [0.1, 0.15) is 25.1 Å². The first-order chi connectivity index (χ1) is 25.2. The number of ketones is 1. The van der Waals surface area contributed by atoms with Crippen molar-refractivity contribution in [3.63, 3.8) is 0 Å². The summed E-state index contributed by atoms with van der Waals surface area (Å²) in [6, 6.07) is 0. The number of allylic oxidation sites excluding steroid dienone is 3. The lowest BCUT2D eigenvalue weighted by molar-refractivity contribution is -0.152. The number of Topliss-reactive ketones (excluding diaryl/α,β-unsaturated/α-hetero) is 1. The Labute approximate surface area is 317 Å². The molecule has 1 aliphatic rings. The number of esters is 2. The summed E-state index contributed by atoms with van der Waals surface area (Å²) in [5.41, 5.74) is 0. The predicted octanol–water partition coefficient (Wildman–Crippen LogP) is 9.90. The molecule has 1 unspecified atom stereocenters. The largest absolute Gasteiger partial charge is 0.463 e. The number of ether oxygens (including phenoxy) is 2. The molecule has 0 spiro atoms. The van der Waals surface area contributed by atoms with Crippen molar-refractivity contribution >= 4 is 17.7 Å². The van der Waals surface area contributed by atoms with Crippen LogP contribution in [0.4, 0.5) is 0 Å². The van der Waals surface area contributed by atoms with Gasteiger partial charge in [-0.25, -0.2) is 0 Å². The maximum absolute atomic E-state index is 12.4. The van der Waals surface area contributed by atoms with Crippen LogP contribution < -0.4 is 0 Å². The van der Waals surface area contributed by atoms with E-state index >= 15 is 0 Å². The van der Waals surface area contributed by atoms with E-state index in [0.717, 1.165) is 44.4 Å². The fraction of sp³-hybridized carbons (Fsp3) is 0.841. The number of hydrogen-bond donors (Lipinski definition) is 3. The Morgan fingerprint density at radius 3 is 1.81 bits per heavy atom. The molecule has 0 heterocycles. The highest BCUT2D eigenvalue weighted by Crippen LogP contribution is 2.33. The summed E-state index contributed by atoms with van der Waals surface area (Å²) in [6.07, 6.45) is 31.7. The summed E-state index contributed by atoms with van der Waals surface area (Å²) in [5.74, 6) is -0.468. The van der Waals surface area contributed by atoms with Crippen LogP contribution in [0.2, 0.25) is 0 Å². The minimum absolute atomic E-state index is 0.00281. The molecule has 0 aliphatic heterocycles. The van der Waals surface area contributed by atoms with Crippen molar-refractivity contribution in [2.45, 2.75) is 206 Å². The zero-order valence-corrected chi connectivity index (χ0v) is 33.5. The van der Waals surface area contributed by atoms with Crippen LogP contribution in [-0.4, -0.2) is 64.6 Å². The Morgan fingerprint density at radius 1 is 0.731 bits per heavy atom. The van der Waals surface area contributed by atoms with Crippen molar-refractivity contribution < 1.29 is 39.2 Å². The topological polar surface area (TPSA) is 130 Å². The van der Waals surface area contributed by atoms with Gasteiger partial charge in [0.25, 0.3) is 0 Å². The summed E-state index contributed by atoms with van der Waals surface area (Å²) >= 11 is 0. The van der Waals surface area contributed by atoms with Crippen LogP contribution in [0.1, 0.15) is 188 Å². The highest BCUT2D eigenvalue weighted by atomic mass is 16.6. The Hall–Kier alpha value is -2.03. The highest BCUT2D eigenvalue weighted by Gasteiger charge is 2.39. The van der Waals surface area contributed by atoms with Crippen molar-refractivity contribution in [1.82, 2.24) is 0 Å². The lowest BCUT2D eigenvalue weighted by Crippen LogP contribution is -2.25.